The molecule has 0 radical (unpaired) electrons. The number of pyridine rings is 1. The maximum atomic E-state index is 5.40. The molecular formula is C18H18N2O. The third-order valence-corrected chi connectivity index (χ3v) is 4.66. The number of aromatic nitrogens is 2. The number of nitrogens with zero attached hydrogens (tertiary/aromatic N) is 1. The molecule has 1 aliphatic carbocycles. The first-order valence-electron chi connectivity index (χ1n) is 7.24. The zero-order valence-electron chi connectivity index (χ0n) is 12.5. The highest BCUT2D eigenvalue weighted by Gasteiger charge is 2.35. The number of H-pyrrole nitrogens is 1. The number of fused-ring (bicyclic) bond motifs is 4. The molecule has 0 bridgehead atoms. The Hall–Kier alpha value is -2.29. The van der Waals surface area contributed by atoms with E-state index in [1.54, 1.807) is 7.11 Å². The van der Waals surface area contributed by atoms with Crippen LogP contribution in [0.2, 0.25) is 0 Å². The van der Waals surface area contributed by atoms with Crippen molar-refractivity contribution < 1.29 is 4.74 Å². The monoisotopic (exact) mass is 278 g/mol. The highest BCUT2D eigenvalue weighted by molar-refractivity contribution is 5.83. The van der Waals surface area contributed by atoms with Crippen LogP contribution in [0.1, 0.15) is 36.2 Å². The van der Waals surface area contributed by atoms with Crippen LogP contribution in [-0.2, 0) is 11.8 Å². The summed E-state index contributed by atoms with van der Waals surface area (Å²) in [7, 11) is 1.72. The quantitative estimate of drug-likeness (QED) is 0.735. The van der Waals surface area contributed by atoms with Crippen LogP contribution in [0.3, 0.4) is 0 Å². The Balaban J connectivity index is 2.00. The summed E-state index contributed by atoms with van der Waals surface area (Å²) in [6.07, 6.45) is 2.79. The van der Waals surface area contributed by atoms with Gasteiger partial charge in [-0.2, -0.15) is 0 Å². The molecule has 21 heavy (non-hydrogen) atoms. The molecule has 3 nitrogen and oxygen atoms in total. The van der Waals surface area contributed by atoms with E-state index in [1.807, 2.05) is 18.3 Å². The zero-order chi connectivity index (χ0) is 14.6. The van der Waals surface area contributed by atoms with Gasteiger partial charge in [-0.25, -0.2) is 4.98 Å². The lowest BCUT2D eigenvalue weighted by Crippen LogP contribution is -2.27. The standard InChI is InChI=1S/C18H18N2O/c1-18(2)15-10-12(21-3)7-6-11(15)9-14-13-5-4-8-19-17(13)20-16(14)18/h4-8,10H,9H2,1-3H3,(H,19,20). The summed E-state index contributed by atoms with van der Waals surface area (Å²) in [6, 6.07) is 10.6. The van der Waals surface area contributed by atoms with E-state index in [9.17, 15) is 0 Å². The Labute approximate surface area is 124 Å². The van der Waals surface area contributed by atoms with Crippen LogP contribution in [0.15, 0.2) is 36.5 Å². The summed E-state index contributed by atoms with van der Waals surface area (Å²) in [4.78, 5) is 8.00. The lowest BCUT2D eigenvalue weighted by atomic mass is 9.72. The molecule has 3 aromatic rings. The van der Waals surface area contributed by atoms with Gasteiger partial charge in [0, 0.05) is 29.1 Å². The number of methoxy groups -OCH3 is 1. The lowest BCUT2D eigenvalue weighted by molar-refractivity contribution is 0.412. The van der Waals surface area contributed by atoms with Crippen molar-refractivity contribution in [3.63, 3.8) is 0 Å². The first-order valence-corrected chi connectivity index (χ1v) is 7.24. The van der Waals surface area contributed by atoms with Gasteiger partial charge in [-0.3, -0.25) is 0 Å². The molecule has 1 aromatic carbocycles. The summed E-state index contributed by atoms with van der Waals surface area (Å²) in [5.41, 5.74) is 6.27. The average Bonchev–Trinajstić information content (AvgIpc) is 2.87. The van der Waals surface area contributed by atoms with Gasteiger partial charge >= 0.3 is 0 Å². The molecule has 1 aliphatic rings. The Morgan fingerprint density at radius 3 is 2.90 bits per heavy atom. The normalized spacial score (nSPS) is 15.6. The topological polar surface area (TPSA) is 37.9 Å². The highest BCUT2D eigenvalue weighted by Crippen LogP contribution is 2.44. The van der Waals surface area contributed by atoms with E-state index in [1.165, 1.54) is 27.8 Å². The van der Waals surface area contributed by atoms with Crippen molar-refractivity contribution in [2.24, 2.45) is 0 Å². The van der Waals surface area contributed by atoms with E-state index in [0.717, 1.165) is 17.8 Å². The van der Waals surface area contributed by atoms with Crippen molar-refractivity contribution in [3.8, 4) is 5.75 Å². The van der Waals surface area contributed by atoms with Crippen molar-refractivity contribution in [1.29, 1.82) is 0 Å². The number of hydrogen-bond donors (Lipinski definition) is 1. The van der Waals surface area contributed by atoms with E-state index in [4.69, 9.17) is 4.74 Å². The van der Waals surface area contributed by atoms with Gasteiger partial charge < -0.3 is 9.72 Å². The average molecular weight is 278 g/mol. The molecule has 0 saturated heterocycles. The lowest BCUT2D eigenvalue weighted by Gasteiger charge is -2.33. The maximum absolute atomic E-state index is 5.40. The first kappa shape index (κ1) is 12.5. The smallest absolute Gasteiger partial charge is 0.137 e. The Morgan fingerprint density at radius 2 is 2.10 bits per heavy atom. The highest BCUT2D eigenvalue weighted by atomic mass is 16.5. The number of rotatable bonds is 1. The van der Waals surface area contributed by atoms with Gasteiger partial charge in [0.25, 0.3) is 0 Å². The fraction of sp³-hybridized carbons (Fsp3) is 0.278. The summed E-state index contributed by atoms with van der Waals surface area (Å²) < 4.78 is 5.40. The van der Waals surface area contributed by atoms with Crippen LogP contribution in [0.25, 0.3) is 11.0 Å². The number of benzene rings is 1. The second kappa shape index (κ2) is 4.10. The SMILES string of the molecule is COc1ccc2c(c1)C(C)(C)c1[nH]c3ncccc3c1C2. The van der Waals surface area contributed by atoms with Crippen molar-refractivity contribution in [2.75, 3.05) is 7.11 Å². The Morgan fingerprint density at radius 1 is 1.24 bits per heavy atom. The fourth-order valence-corrected chi connectivity index (χ4v) is 3.54. The predicted molar refractivity (Wildman–Crippen MR) is 84.0 cm³/mol. The van der Waals surface area contributed by atoms with Gasteiger partial charge in [-0.1, -0.05) is 19.9 Å². The van der Waals surface area contributed by atoms with Gasteiger partial charge in [-0.05, 0) is 41.0 Å². The van der Waals surface area contributed by atoms with E-state index in [-0.39, 0.29) is 5.41 Å². The van der Waals surface area contributed by atoms with Crippen LogP contribution in [-0.4, -0.2) is 17.1 Å². The van der Waals surface area contributed by atoms with Crippen molar-refractivity contribution in [3.05, 3.63) is 58.9 Å². The van der Waals surface area contributed by atoms with Crippen LogP contribution in [0, 0.1) is 0 Å². The van der Waals surface area contributed by atoms with Gasteiger partial charge in [0.1, 0.15) is 11.4 Å². The van der Waals surface area contributed by atoms with E-state index in [0.29, 0.717) is 0 Å². The molecule has 2 aromatic heterocycles. The number of hydrogen-bond acceptors (Lipinski definition) is 2. The van der Waals surface area contributed by atoms with Crippen LogP contribution < -0.4 is 4.74 Å². The molecule has 0 aliphatic heterocycles. The molecule has 0 atom stereocenters. The minimum Gasteiger partial charge on any atom is -0.497 e. The van der Waals surface area contributed by atoms with E-state index < -0.39 is 0 Å². The maximum Gasteiger partial charge on any atom is 0.137 e. The summed E-state index contributed by atoms with van der Waals surface area (Å²) in [6.45, 7) is 4.53. The molecule has 0 spiro atoms. The van der Waals surface area contributed by atoms with Crippen molar-refractivity contribution in [2.45, 2.75) is 25.7 Å². The summed E-state index contributed by atoms with van der Waals surface area (Å²) in [5, 5.41) is 1.24. The van der Waals surface area contributed by atoms with Crippen LogP contribution >= 0.6 is 0 Å². The Kier molecular flexibility index (Phi) is 2.43. The molecule has 4 rings (SSSR count). The summed E-state index contributed by atoms with van der Waals surface area (Å²) >= 11 is 0. The predicted octanol–water partition coefficient (Wildman–Crippen LogP) is 3.80. The molecule has 106 valence electrons. The molecule has 3 heteroatoms. The molecule has 0 saturated carbocycles. The van der Waals surface area contributed by atoms with Gasteiger partial charge in [0.15, 0.2) is 0 Å². The largest absolute Gasteiger partial charge is 0.497 e. The summed E-state index contributed by atoms with van der Waals surface area (Å²) in [5.74, 6) is 0.916. The molecule has 0 amide bonds. The molecule has 2 heterocycles. The van der Waals surface area contributed by atoms with Gasteiger partial charge in [0.2, 0.25) is 0 Å². The molecular weight excluding hydrogens is 260 g/mol. The van der Waals surface area contributed by atoms with Crippen LogP contribution in [0.4, 0.5) is 0 Å². The van der Waals surface area contributed by atoms with Crippen LogP contribution in [0.5, 0.6) is 5.75 Å². The van der Waals surface area contributed by atoms with Gasteiger partial charge in [-0.15, -0.1) is 0 Å². The second-order valence-corrected chi connectivity index (χ2v) is 6.20. The minimum atomic E-state index is -0.0713. The molecule has 1 N–H and O–H groups in total. The zero-order valence-corrected chi connectivity index (χ0v) is 12.5. The third-order valence-electron chi connectivity index (χ3n) is 4.66. The minimum absolute atomic E-state index is 0.0713. The fourth-order valence-electron chi connectivity index (χ4n) is 3.54. The Bertz CT molecular complexity index is 846. The van der Waals surface area contributed by atoms with E-state index in [2.05, 4.69) is 42.0 Å². The molecule has 0 unspecified atom stereocenters. The number of nitrogens with one attached hydrogen (secondary N) is 1. The third kappa shape index (κ3) is 1.63. The first-order chi connectivity index (χ1) is 10.1. The molecule has 0 fully saturated rings. The van der Waals surface area contributed by atoms with Crippen molar-refractivity contribution in [1.82, 2.24) is 9.97 Å². The second-order valence-electron chi connectivity index (χ2n) is 6.20. The number of ether oxygens (including phenoxy) is 1. The number of aromatic amines is 1. The van der Waals surface area contributed by atoms with Gasteiger partial charge in [0.05, 0.1) is 7.11 Å². The van der Waals surface area contributed by atoms with Crippen molar-refractivity contribution >= 4 is 11.0 Å². The van der Waals surface area contributed by atoms with E-state index >= 15 is 0 Å².